The normalized spacial score (nSPS) is 10.5. The van der Waals surface area contributed by atoms with Crippen molar-refractivity contribution >= 4 is 34.8 Å². The molecule has 0 fully saturated rings. The van der Waals surface area contributed by atoms with Crippen molar-refractivity contribution in [3.05, 3.63) is 34.2 Å². The van der Waals surface area contributed by atoms with E-state index in [2.05, 4.69) is 10.1 Å². The summed E-state index contributed by atoms with van der Waals surface area (Å²) in [6.45, 7) is 0. The van der Waals surface area contributed by atoms with Crippen molar-refractivity contribution < 1.29 is 4.79 Å². The quantitative estimate of drug-likeness (QED) is 0.859. The van der Waals surface area contributed by atoms with Gasteiger partial charge in [0.2, 0.25) is 0 Å². The van der Waals surface area contributed by atoms with Crippen molar-refractivity contribution in [3.63, 3.8) is 0 Å². The molecule has 0 radical (unpaired) electrons. The number of carbonyl (C=O) groups excluding carboxylic acids is 1. The summed E-state index contributed by atoms with van der Waals surface area (Å²) in [5, 5.41) is 4.58. The van der Waals surface area contributed by atoms with E-state index in [9.17, 15) is 4.79 Å². The second-order valence-electron chi connectivity index (χ2n) is 3.20. The molecule has 0 aliphatic rings. The molecule has 0 saturated heterocycles. The van der Waals surface area contributed by atoms with E-state index >= 15 is 0 Å². The molecule has 0 saturated carbocycles. The first-order valence-corrected chi connectivity index (χ1v) is 5.21. The number of primary amides is 1. The number of hydrogen-bond acceptors (Lipinski definition) is 4. The van der Waals surface area contributed by atoms with Crippen LogP contribution in [0.1, 0.15) is 10.5 Å². The number of carbonyl (C=O) groups is 1. The van der Waals surface area contributed by atoms with Crippen molar-refractivity contribution in [1.29, 1.82) is 0 Å². The minimum absolute atomic E-state index is 0.0298. The summed E-state index contributed by atoms with van der Waals surface area (Å²) in [4.78, 5) is 15.0. The molecule has 0 bridgehead atoms. The predicted molar refractivity (Wildman–Crippen MR) is 64.3 cm³/mol. The van der Waals surface area contributed by atoms with Crippen LogP contribution in [-0.4, -0.2) is 20.7 Å². The van der Waals surface area contributed by atoms with Gasteiger partial charge in [-0.05, 0) is 6.07 Å². The molecule has 4 N–H and O–H groups in total. The highest BCUT2D eigenvalue weighted by atomic mass is 35.5. The fraction of sp³-hybridized carbons (Fsp3) is 0. The number of hydrogen-bond donors (Lipinski definition) is 2. The smallest absolute Gasteiger partial charge is 0.271 e. The number of aromatic nitrogens is 3. The molecule has 2 rings (SSSR count). The predicted octanol–water partition coefficient (Wildman–Crippen LogP) is 1.26. The second kappa shape index (κ2) is 4.23. The highest BCUT2D eigenvalue weighted by molar-refractivity contribution is 6.35. The lowest BCUT2D eigenvalue weighted by Gasteiger charge is -2.02. The Bertz CT molecular complexity index is 595. The molecule has 0 spiro atoms. The van der Waals surface area contributed by atoms with E-state index in [1.807, 2.05) is 0 Å². The summed E-state index contributed by atoms with van der Waals surface area (Å²) in [6, 6.07) is 1.51. The molecule has 0 aliphatic heterocycles. The molecule has 88 valence electrons. The van der Waals surface area contributed by atoms with E-state index in [-0.39, 0.29) is 16.4 Å². The third-order valence-corrected chi connectivity index (χ3v) is 2.47. The Balaban J connectivity index is 2.53. The standard InChI is InChI=1S/C9H7Cl2N5O/c10-4-1-5(11)9(14-2-4)16-3-6(12)7(15-16)8(13)17/h1-3H,12H2,(H2,13,17). The van der Waals surface area contributed by atoms with Gasteiger partial charge in [0.25, 0.3) is 5.91 Å². The summed E-state index contributed by atoms with van der Waals surface area (Å²) in [6.07, 6.45) is 2.81. The molecule has 0 unspecified atom stereocenters. The topological polar surface area (TPSA) is 99.8 Å². The van der Waals surface area contributed by atoms with Gasteiger partial charge in [0.15, 0.2) is 11.5 Å². The monoisotopic (exact) mass is 271 g/mol. The molecule has 2 heterocycles. The van der Waals surface area contributed by atoms with Crippen LogP contribution < -0.4 is 11.5 Å². The van der Waals surface area contributed by atoms with Gasteiger partial charge in [-0.1, -0.05) is 23.2 Å². The van der Waals surface area contributed by atoms with Gasteiger partial charge >= 0.3 is 0 Å². The van der Waals surface area contributed by atoms with Crippen LogP contribution in [0.3, 0.4) is 0 Å². The molecular weight excluding hydrogens is 265 g/mol. The van der Waals surface area contributed by atoms with Crippen LogP contribution in [0.15, 0.2) is 18.5 Å². The lowest BCUT2D eigenvalue weighted by molar-refractivity contribution is 0.0996. The van der Waals surface area contributed by atoms with Gasteiger partial charge in [0, 0.05) is 6.20 Å². The lowest BCUT2D eigenvalue weighted by atomic mass is 10.4. The minimum atomic E-state index is -0.716. The van der Waals surface area contributed by atoms with Gasteiger partial charge in [0.1, 0.15) is 0 Å². The maximum atomic E-state index is 11.0. The summed E-state index contributed by atoms with van der Waals surface area (Å²) in [5.74, 6) is -0.401. The van der Waals surface area contributed by atoms with Gasteiger partial charge < -0.3 is 11.5 Å². The Morgan fingerprint density at radius 3 is 2.65 bits per heavy atom. The highest BCUT2D eigenvalue weighted by Gasteiger charge is 2.14. The van der Waals surface area contributed by atoms with Crippen LogP contribution in [0.25, 0.3) is 5.82 Å². The van der Waals surface area contributed by atoms with E-state index in [1.165, 1.54) is 23.1 Å². The minimum Gasteiger partial charge on any atom is -0.396 e. The van der Waals surface area contributed by atoms with Crippen LogP contribution in [0, 0.1) is 0 Å². The molecule has 0 atom stereocenters. The number of rotatable bonds is 2. The highest BCUT2D eigenvalue weighted by Crippen LogP contribution is 2.22. The van der Waals surface area contributed by atoms with Gasteiger partial charge in [-0.25, -0.2) is 9.67 Å². The Labute approximate surface area is 106 Å². The summed E-state index contributed by atoms with van der Waals surface area (Å²) in [5.41, 5.74) is 10.8. The van der Waals surface area contributed by atoms with Crippen LogP contribution in [0.5, 0.6) is 0 Å². The van der Waals surface area contributed by atoms with Gasteiger partial charge in [-0.3, -0.25) is 4.79 Å². The second-order valence-corrected chi connectivity index (χ2v) is 4.04. The van der Waals surface area contributed by atoms with Crippen LogP contribution >= 0.6 is 23.2 Å². The first-order valence-electron chi connectivity index (χ1n) is 4.45. The van der Waals surface area contributed by atoms with Crippen molar-refractivity contribution in [2.45, 2.75) is 0 Å². The zero-order valence-corrected chi connectivity index (χ0v) is 9.90. The summed E-state index contributed by atoms with van der Waals surface area (Å²) < 4.78 is 1.27. The van der Waals surface area contributed by atoms with Crippen LogP contribution in [-0.2, 0) is 0 Å². The summed E-state index contributed by atoms with van der Waals surface area (Å²) >= 11 is 11.7. The third-order valence-electron chi connectivity index (χ3n) is 1.98. The maximum absolute atomic E-state index is 11.0. The molecular formula is C9H7Cl2N5O. The van der Waals surface area contributed by atoms with Crippen LogP contribution in [0.2, 0.25) is 10.0 Å². The Hall–Kier alpha value is -1.79. The van der Waals surface area contributed by atoms with Crippen molar-refractivity contribution in [2.24, 2.45) is 5.73 Å². The van der Waals surface area contributed by atoms with Gasteiger partial charge in [-0.15, -0.1) is 0 Å². The molecule has 0 aromatic carbocycles. The van der Waals surface area contributed by atoms with Crippen molar-refractivity contribution in [3.8, 4) is 5.82 Å². The molecule has 6 nitrogen and oxygen atoms in total. The van der Waals surface area contributed by atoms with E-state index in [0.29, 0.717) is 10.8 Å². The fourth-order valence-electron chi connectivity index (χ4n) is 1.26. The van der Waals surface area contributed by atoms with E-state index in [4.69, 9.17) is 34.7 Å². The maximum Gasteiger partial charge on any atom is 0.271 e. The number of nitrogens with two attached hydrogens (primary N) is 2. The zero-order valence-electron chi connectivity index (χ0n) is 8.39. The van der Waals surface area contributed by atoms with E-state index in [0.717, 1.165) is 0 Å². The van der Waals surface area contributed by atoms with Crippen LogP contribution in [0.4, 0.5) is 5.69 Å². The zero-order chi connectivity index (χ0) is 12.6. The molecule has 2 aromatic heterocycles. The van der Waals surface area contributed by atoms with Gasteiger partial charge in [0.05, 0.1) is 21.9 Å². The Kier molecular flexibility index (Phi) is 2.91. The first kappa shape index (κ1) is 11.7. The number of nitrogen functional groups attached to an aromatic ring is 1. The Morgan fingerprint density at radius 2 is 2.12 bits per heavy atom. The average Bonchev–Trinajstić information content (AvgIpc) is 2.60. The SMILES string of the molecule is NC(=O)c1nn(-c2ncc(Cl)cc2Cl)cc1N. The number of pyridine rings is 1. The van der Waals surface area contributed by atoms with Crippen molar-refractivity contribution in [1.82, 2.24) is 14.8 Å². The largest absolute Gasteiger partial charge is 0.396 e. The molecule has 0 aliphatic carbocycles. The van der Waals surface area contributed by atoms with Gasteiger partial charge in [-0.2, -0.15) is 5.10 Å². The number of amides is 1. The van der Waals surface area contributed by atoms with E-state index < -0.39 is 5.91 Å². The lowest BCUT2D eigenvalue weighted by Crippen LogP contribution is -2.14. The molecule has 2 aromatic rings. The molecule has 8 heteroatoms. The molecule has 17 heavy (non-hydrogen) atoms. The third kappa shape index (κ3) is 2.17. The Morgan fingerprint density at radius 1 is 1.41 bits per heavy atom. The fourth-order valence-corrected chi connectivity index (χ4v) is 1.73. The first-order chi connectivity index (χ1) is 7.99. The number of anilines is 1. The van der Waals surface area contributed by atoms with Crippen molar-refractivity contribution in [2.75, 3.05) is 5.73 Å². The molecule has 1 amide bonds. The summed E-state index contributed by atoms with van der Waals surface area (Å²) in [7, 11) is 0. The number of halogens is 2. The number of nitrogens with zero attached hydrogens (tertiary/aromatic N) is 3. The van der Waals surface area contributed by atoms with E-state index in [1.54, 1.807) is 0 Å². The average molecular weight is 272 g/mol.